The average molecular weight is 317 g/mol. The van der Waals surface area contributed by atoms with Gasteiger partial charge in [0.2, 0.25) is 0 Å². The predicted octanol–water partition coefficient (Wildman–Crippen LogP) is 3.36. The van der Waals surface area contributed by atoms with E-state index in [0.29, 0.717) is 12.1 Å². The summed E-state index contributed by atoms with van der Waals surface area (Å²) in [5.74, 6) is -0.980. The van der Waals surface area contributed by atoms with E-state index in [0.717, 1.165) is 6.07 Å². The molecule has 0 heterocycles. The van der Waals surface area contributed by atoms with Gasteiger partial charge in [-0.05, 0) is 12.1 Å². The van der Waals surface area contributed by atoms with E-state index in [2.05, 4.69) is 0 Å². The second-order valence-corrected chi connectivity index (χ2v) is 4.37. The highest BCUT2D eigenvalue weighted by Crippen LogP contribution is 2.35. The number of benzene rings is 1. The summed E-state index contributed by atoms with van der Waals surface area (Å²) in [4.78, 5) is 19.3. The maximum atomic E-state index is 12.4. The van der Waals surface area contributed by atoms with Crippen LogP contribution >= 0.6 is 23.2 Å². The van der Waals surface area contributed by atoms with Crippen LogP contribution in [0.3, 0.4) is 0 Å². The number of carbonyl (C=O) groups excluding carboxylic acids is 1. The van der Waals surface area contributed by atoms with E-state index in [-0.39, 0.29) is 0 Å². The molecule has 0 aliphatic heterocycles. The van der Waals surface area contributed by atoms with E-state index >= 15 is 0 Å². The molecule has 5 nitrogen and oxygen atoms in total. The van der Waals surface area contributed by atoms with Gasteiger partial charge in [0.1, 0.15) is 5.69 Å². The zero-order chi connectivity index (χ0) is 14.8. The first-order valence-electron chi connectivity index (χ1n) is 4.57. The maximum Gasteiger partial charge on any atom is 0.416 e. The Labute approximate surface area is 114 Å². The number of carbonyl (C=O) groups is 1. The summed E-state index contributed by atoms with van der Waals surface area (Å²) in [5, 5.41) is 12.6. The molecule has 0 aromatic heterocycles. The minimum absolute atomic E-state index is 0.313. The van der Waals surface area contributed by atoms with Gasteiger partial charge in [-0.2, -0.15) is 13.2 Å². The number of halogens is 5. The quantitative estimate of drug-likeness (QED) is 0.528. The van der Waals surface area contributed by atoms with Crippen LogP contribution in [0.5, 0.6) is 0 Å². The van der Waals surface area contributed by atoms with Gasteiger partial charge in [-0.1, -0.05) is 23.2 Å². The molecule has 0 saturated carbocycles. The van der Waals surface area contributed by atoms with E-state index in [1.54, 1.807) is 0 Å². The van der Waals surface area contributed by atoms with Gasteiger partial charge in [0.15, 0.2) is 4.84 Å². The second kappa shape index (κ2) is 5.62. The fourth-order valence-corrected chi connectivity index (χ4v) is 1.26. The molecule has 0 aliphatic rings. The lowest BCUT2D eigenvalue weighted by Gasteiger charge is -2.10. The molecule has 1 rings (SSSR count). The molecule has 0 saturated heterocycles. The Balaban J connectivity index is 3.20. The van der Waals surface area contributed by atoms with Crippen LogP contribution in [-0.2, 0) is 11.0 Å². The van der Waals surface area contributed by atoms with Gasteiger partial charge in [-0.3, -0.25) is 14.9 Å². The van der Waals surface area contributed by atoms with E-state index in [1.165, 1.54) is 0 Å². The third-order valence-electron chi connectivity index (χ3n) is 1.98. The number of hydrogen-bond acceptors (Lipinski definition) is 3. The molecule has 0 atom stereocenters. The fourth-order valence-electron chi connectivity index (χ4n) is 1.15. The molecule has 0 spiro atoms. The number of rotatable bonds is 3. The summed E-state index contributed by atoms with van der Waals surface area (Å²) < 4.78 is 37.2. The summed E-state index contributed by atoms with van der Waals surface area (Å²) in [6.07, 6.45) is -4.73. The standard InChI is InChI=1S/C9H5Cl2F3N2O3/c10-7(11)8(17)15-5-2-1-4(9(12,13)14)3-6(5)16(18)19/h1-3,7H,(H,15,17). The molecule has 1 aromatic carbocycles. The van der Waals surface area contributed by atoms with Crippen LogP contribution in [-0.4, -0.2) is 15.7 Å². The maximum absolute atomic E-state index is 12.4. The smallest absolute Gasteiger partial charge is 0.318 e. The second-order valence-electron chi connectivity index (χ2n) is 3.28. The molecule has 1 amide bonds. The third-order valence-corrected chi connectivity index (χ3v) is 2.37. The number of anilines is 1. The first-order chi connectivity index (χ1) is 8.62. The minimum Gasteiger partial charge on any atom is -0.318 e. The van der Waals surface area contributed by atoms with Crippen LogP contribution in [0, 0.1) is 10.1 Å². The largest absolute Gasteiger partial charge is 0.416 e. The van der Waals surface area contributed by atoms with Gasteiger partial charge >= 0.3 is 6.18 Å². The number of alkyl halides is 5. The molecule has 1 N–H and O–H groups in total. The lowest BCUT2D eigenvalue weighted by molar-refractivity contribution is -0.384. The van der Waals surface area contributed by atoms with Crippen LogP contribution < -0.4 is 5.32 Å². The van der Waals surface area contributed by atoms with E-state index in [4.69, 9.17) is 23.2 Å². The molecular weight excluding hydrogens is 312 g/mol. The molecule has 0 bridgehead atoms. The van der Waals surface area contributed by atoms with Crippen molar-refractivity contribution < 1.29 is 22.9 Å². The Bertz CT molecular complexity index is 520. The van der Waals surface area contributed by atoms with Gasteiger partial charge in [0.05, 0.1) is 10.5 Å². The molecule has 0 aliphatic carbocycles. The van der Waals surface area contributed by atoms with Crippen molar-refractivity contribution >= 4 is 40.5 Å². The van der Waals surface area contributed by atoms with Crippen LogP contribution in [0.15, 0.2) is 18.2 Å². The summed E-state index contributed by atoms with van der Waals surface area (Å²) in [6.45, 7) is 0. The summed E-state index contributed by atoms with van der Waals surface area (Å²) >= 11 is 10.4. The van der Waals surface area contributed by atoms with Gasteiger partial charge in [0.25, 0.3) is 11.6 Å². The molecular formula is C9H5Cl2F3N2O3. The zero-order valence-electron chi connectivity index (χ0n) is 8.87. The van der Waals surface area contributed by atoms with Crippen molar-refractivity contribution in [2.45, 2.75) is 11.0 Å². The highest BCUT2D eigenvalue weighted by molar-refractivity contribution is 6.54. The first-order valence-corrected chi connectivity index (χ1v) is 5.45. The number of hydrogen-bond donors (Lipinski definition) is 1. The highest BCUT2D eigenvalue weighted by atomic mass is 35.5. The van der Waals surface area contributed by atoms with Gasteiger partial charge in [0, 0.05) is 6.07 Å². The van der Waals surface area contributed by atoms with Crippen LogP contribution in [0.25, 0.3) is 0 Å². The number of nitrogens with zero attached hydrogens (tertiary/aromatic N) is 1. The molecule has 10 heteroatoms. The summed E-state index contributed by atoms with van der Waals surface area (Å²) in [6, 6.07) is 1.67. The van der Waals surface area contributed by atoms with Crippen molar-refractivity contribution in [1.29, 1.82) is 0 Å². The normalized spacial score (nSPS) is 11.5. The summed E-state index contributed by atoms with van der Waals surface area (Å²) in [7, 11) is 0. The Hall–Kier alpha value is -1.54. The van der Waals surface area contributed by atoms with Crippen molar-refractivity contribution in [1.82, 2.24) is 0 Å². The van der Waals surface area contributed by atoms with Crippen molar-refractivity contribution in [3.63, 3.8) is 0 Å². The highest BCUT2D eigenvalue weighted by Gasteiger charge is 2.33. The zero-order valence-corrected chi connectivity index (χ0v) is 10.4. The SMILES string of the molecule is O=C(Nc1ccc(C(F)(F)F)cc1[N+](=O)[O-])C(Cl)Cl. The Morgan fingerprint density at radius 3 is 2.37 bits per heavy atom. The topological polar surface area (TPSA) is 72.2 Å². The summed E-state index contributed by atoms with van der Waals surface area (Å²) in [5.41, 5.74) is -2.53. The molecule has 0 radical (unpaired) electrons. The van der Waals surface area contributed by atoms with E-state index in [9.17, 15) is 28.1 Å². The van der Waals surface area contributed by atoms with Crippen LogP contribution in [0.2, 0.25) is 0 Å². The number of nitro benzene ring substituents is 1. The predicted molar refractivity (Wildman–Crippen MR) is 62.2 cm³/mol. The van der Waals surface area contributed by atoms with Crippen molar-refractivity contribution in [3.8, 4) is 0 Å². The number of nitro groups is 1. The van der Waals surface area contributed by atoms with Crippen molar-refractivity contribution in [2.24, 2.45) is 0 Å². The monoisotopic (exact) mass is 316 g/mol. The number of nitrogens with one attached hydrogen (secondary N) is 1. The van der Waals surface area contributed by atoms with Crippen molar-refractivity contribution in [2.75, 3.05) is 5.32 Å². The molecule has 19 heavy (non-hydrogen) atoms. The lowest BCUT2D eigenvalue weighted by Crippen LogP contribution is -2.19. The number of amides is 1. The third kappa shape index (κ3) is 3.97. The average Bonchev–Trinajstić information content (AvgIpc) is 2.27. The minimum atomic E-state index is -4.73. The van der Waals surface area contributed by atoms with Crippen LogP contribution in [0.1, 0.15) is 5.56 Å². The molecule has 1 aromatic rings. The Kier molecular flexibility index (Phi) is 4.59. The van der Waals surface area contributed by atoms with Gasteiger partial charge < -0.3 is 5.32 Å². The molecule has 0 unspecified atom stereocenters. The Morgan fingerprint density at radius 2 is 1.95 bits per heavy atom. The lowest BCUT2D eigenvalue weighted by atomic mass is 10.1. The Morgan fingerprint density at radius 1 is 1.37 bits per heavy atom. The van der Waals surface area contributed by atoms with E-state index < -0.39 is 38.8 Å². The van der Waals surface area contributed by atoms with Gasteiger partial charge in [-0.25, -0.2) is 0 Å². The van der Waals surface area contributed by atoms with Crippen LogP contribution in [0.4, 0.5) is 24.5 Å². The fraction of sp³-hybridized carbons (Fsp3) is 0.222. The molecule has 0 fully saturated rings. The van der Waals surface area contributed by atoms with Gasteiger partial charge in [-0.15, -0.1) is 0 Å². The first kappa shape index (κ1) is 15.5. The molecule has 104 valence electrons. The van der Waals surface area contributed by atoms with E-state index in [1.807, 2.05) is 5.32 Å². The van der Waals surface area contributed by atoms with Crippen molar-refractivity contribution in [3.05, 3.63) is 33.9 Å².